The molecule has 0 saturated carbocycles. The summed E-state index contributed by atoms with van der Waals surface area (Å²) in [6.07, 6.45) is 1.41. The van der Waals surface area contributed by atoms with Gasteiger partial charge in [-0.2, -0.15) is 0 Å². The van der Waals surface area contributed by atoms with Crippen LogP contribution in [0, 0.1) is 5.41 Å². The fourth-order valence-electron chi connectivity index (χ4n) is 2.22. The first-order valence-corrected chi connectivity index (χ1v) is 7.11. The predicted octanol–water partition coefficient (Wildman–Crippen LogP) is 1.56. The lowest BCUT2D eigenvalue weighted by atomic mass is 9.81. The van der Waals surface area contributed by atoms with Crippen molar-refractivity contribution in [1.29, 1.82) is 0 Å². The first-order chi connectivity index (χ1) is 9.97. The molecule has 0 heterocycles. The molecule has 0 atom stereocenters. The van der Waals surface area contributed by atoms with Crippen LogP contribution in [-0.2, 0) is 11.3 Å². The van der Waals surface area contributed by atoms with Gasteiger partial charge >= 0.3 is 6.03 Å². The van der Waals surface area contributed by atoms with Gasteiger partial charge in [0.1, 0.15) is 0 Å². The molecule has 0 aliphatic carbocycles. The Bertz CT molecular complexity index is 490. The molecule has 0 saturated heterocycles. The monoisotopic (exact) mass is 292 g/mol. The van der Waals surface area contributed by atoms with E-state index in [4.69, 9.17) is 11.5 Å². The van der Waals surface area contributed by atoms with Gasteiger partial charge in [-0.15, -0.1) is 0 Å². The van der Waals surface area contributed by atoms with Crippen LogP contribution in [-0.4, -0.2) is 18.5 Å². The summed E-state index contributed by atoms with van der Waals surface area (Å²) in [4.78, 5) is 23.1. The van der Waals surface area contributed by atoms with E-state index in [-0.39, 0.29) is 5.91 Å². The lowest BCUT2D eigenvalue weighted by molar-refractivity contribution is -0.131. The number of rotatable bonds is 7. The molecule has 21 heavy (non-hydrogen) atoms. The van der Waals surface area contributed by atoms with Crippen molar-refractivity contribution in [3.8, 4) is 0 Å². The molecular formula is C15H24N4O2. The second kappa shape index (κ2) is 7.64. The van der Waals surface area contributed by atoms with Crippen molar-refractivity contribution in [3.63, 3.8) is 0 Å². The van der Waals surface area contributed by atoms with E-state index in [1.54, 1.807) is 18.2 Å². The summed E-state index contributed by atoms with van der Waals surface area (Å²) >= 11 is 0. The molecule has 6 N–H and O–H groups in total. The summed E-state index contributed by atoms with van der Waals surface area (Å²) in [5, 5.41) is 5.41. The minimum absolute atomic E-state index is 0.0386. The fraction of sp³-hybridized carbons (Fsp3) is 0.467. The lowest BCUT2D eigenvalue weighted by Gasteiger charge is -2.28. The molecule has 1 aromatic rings. The molecule has 6 nitrogen and oxygen atoms in total. The van der Waals surface area contributed by atoms with Gasteiger partial charge < -0.3 is 22.1 Å². The van der Waals surface area contributed by atoms with Crippen molar-refractivity contribution >= 4 is 17.6 Å². The lowest BCUT2D eigenvalue weighted by Crippen LogP contribution is -2.45. The highest BCUT2D eigenvalue weighted by Gasteiger charge is 2.32. The number of amides is 3. The number of carbonyl (C=O) groups excluding carboxylic acids is 2. The van der Waals surface area contributed by atoms with Gasteiger partial charge in [0.05, 0.1) is 5.41 Å². The van der Waals surface area contributed by atoms with Gasteiger partial charge in [-0.1, -0.05) is 26.0 Å². The summed E-state index contributed by atoms with van der Waals surface area (Å²) in [5.41, 5.74) is 11.8. The molecule has 0 spiro atoms. The maximum atomic E-state index is 12.3. The van der Waals surface area contributed by atoms with Gasteiger partial charge in [0.25, 0.3) is 0 Å². The van der Waals surface area contributed by atoms with Crippen molar-refractivity contribution in [3.05, 3.63) is 29.8 Å². The average Bonchev–Trinajstić information content (AvgIpc) is 2.47. The highest BCUT2D eigenvalue weighted by molar-refractivity contribution is 5.87. The molecule has 0 aromatic heterocycles. The number of hydrogen-bond donors (Lipinski definition) is 4. The van der Waals surface area contributed by atoms with Gasteiger partial charge in [0.15, 0.2) is 0 Å². The second-order valence-corrected chi connectivity index (χ2v) is 5.06. The standard InChI is InChI=1S/C15H24N4O2/c1-3-15(4-2,10-16)13(20)18-9-11-6-5-7-12(8-11)19-14(17)21/h5-8H,3-4,9-10,16H2,1-2H3,(H,18,20)(H3,17,19,21). The minimum atomic E-state index is -0.615. The summed E-state index contributed by atoms with van der Waals surface area (Å²) in [7, 11) is 0. The maximum Gasteiger partial charge on any atom is 0.316 e. The van der Waals surface area contributed by atoms with Gasteiger partial charge in [-0.3, -0.25) is 4.79 Å². The van der Waals surface area contributed by atoms with Gasteiger partial charge in [0.2, 0.25) is 5.91 Å². The first-order valence-electron chi connectivity index (χ1n) is 7.11. The van der Waals surface area contributed by atoms with E-state index in [9.17, 15) is 9.59 Å². The summed E-state index contributed by atoms with van der Waals surface area (Å²) < 4.78 is 0. The molecule has 0 unspecified atom stereocenters. The van der Waals surface area contributed by atoms with Crippen molar-refractivity contribution in [2.45, 2.75) is 33.2 Å². The van der Waals surface area contributed by atoms with Crippen LogP contribution in [0.15, 0.2) is 24.3 Å². The number of primary amides is 1. The van der Waals surface area contributed by atoms with Crippen molar-refractivity contribution < 1.29 is 9.59 Å². The Balaban J connectivity index is 2.70. The third kappa shape index (κ3) is 4.46. The smallest absolute Gasteiger partial charge is 0.316 e. The van der Waals surface area contributed by atoms with E-state index < -0.39 is 11.4 Å². The van der Waals surface area contributed by atoms with Gasteiger partial charge in [-0.05, 0) is 30.5 Å². The van der Waals surface area contributed by atoms with Crippen LogP contribution in [0.25, 0.3) is 0 Å². The molecular weight excluding hydrogens is 268 g/mol. The summed E-state index contributed by atoms with van der Waals surface area (Å²) in [6, 6.07) is 6.55. The number of benzene rings is 1. The molecule has 1 aromatic carbocycles. The number of carbonyl (C=O) groups is 2. The Morgan fingerprint density at radius 1 is 1.24 bits per heavy atom. The fourth-order valence-corrected chi connectivity index (χ4v) is 2.22. The van der Waals surface area contributed by atoms with E-state index in [1.165, 1.54) is 0 Å². The van der Waals surface area contributed by atoms with Crippen molar-refractivity contribution in [2.24, 2.45) is 16.9 Å². The quantitative estimate of drug-likeness (QED) is 0.612. The molecule has 0 radical (unpaired) electrons. The number of hydrogen-bond acceptors (Lipinski definition) is 3. The van der Waals surface area contributed by atoms with Crippen LogP contribution < -0.4 is 22.1 Å². The summed E-state index contributed by atoms with van der Waals surface area (Å²) in [6.45, 7) is 4.64. The second-order valence-electron chi connectivity index (χ2n) is 5.06. The van der Waals surface area contributed by atoms with E-state index >= 15 is 0 Å². The van der Waals surface area contributed by atoms with Gasteiger partial charge in [-0.25, -0.2) is 4.79 Å². The Morgan fingerprint density at radius 3 is 2.43 bits per heavy atom. The molecule has 0 aliphatic rings. The molecule has 0 aliphatic heterocycles. The topological polar surface area (TPSA) is 110 Å². The molecule has 116 valence electrons. The van der Waals surface area contributed by atoms with E-state index in [1.807, 2.05) is 19.9 Å². The average molecular weight is 292 g/mol. The van der Waals surface area contributed by atoms with E-state index in [2.05, 4.69) is 10.6 Å². The van der Waals surface area contributed by atoms with Crippen LogP contribution in [0.2, 0.25) is 0 Å². The largest absolute Gasteiger partial charge is 0.352 e. The third-order valence-corrected chi connectivity index (χ3v) is 3.87. The Hall–Kier alpha value is -2.08. The van der Waals surface area contributed by atoms with Crippen LogP contribution in [0.4, 0.5) is 10.5 Å². The van der Waals surface area contributed by atoms with Crippen molar-refractivity contribution in [1.82, 2.24) is 5.32 Å². The zero-order chi connectivity index (χ0) is 15.9. The van der Waals surface area contributed by atoms with Crippen LogP contribution >= 0.6 is 0 Å². The Labute approximate surface area is 125 Å². The normalized spacial score (nSPS) is 11.0. The SMILES string of the molecule is CCC(CC)(CN)C(=O)NCc1cccc(NC(N)=O)c1. The van der Waals surface area contributed by atoms with E-state index in [0.717, 1.165) is 5.56 Å². The van der Waals surface area contributed by atoms with Gasteiger partial charge in [0, 0.05) is 18.8 Å². The zero-order valence-electron chi connectivity index (χ0n) is 12.6. The number of nitrogens with two attached hydrogens (primary N) is 2. The third-order valence-electron chi connectivity index (χ3n) is 3.87. The molecule has 0 bridgehead atoms. The predicted molar refractivity (Wildman–Crippen MR) is 83.6 cm³/mol. The summed E-state index contributed by atoms with van der Waals surface area (Å²) in [5.74, 6) is -0.0386. The highest BCUT2D eigenvalue weighted by Crippen LogP contribution is 2.25. The molecule has 0 fully saturated rings. The number of anilines is 1. The number of urea groups is 1. The maximum absolute atomic E-state index is 12.3. The molecule has 3 amide bonds. The minimum Gasteiger partial charge on any atom is -0.352 e. The van der Waals surface area contributed by atoms with E-state index in [0.29, 0.717) is 31.6 Å². The van der Waals surface area contributed by atoms with Crippen LogP contribution in [0.5, 0.6) is 0 Å². The highest BCUT2D eigenvalue weighted by atomic mass is 16.2. The Morgan fingerprint density at radius 2 is 1.90 bits per heavy atom. The molecule has 6 heteroatoms. The Kier molecular flexibility index (Phi) is 6.17. The zero-order valence-corrected chi connectivity index (χ0v) is 12.6. The van der Waals surface area contributed by atoms with Crippen LogP contribution in [0.1, 0.15) is 32.3 Å². The molecule has 1 rings (SSSR count). The van der Waals surface area contributed by atoms with Crippen molar-refractivity contribution in [2.75, 3.05) is 11.9 Å². The van der Waals surface area contributed by atoms with Crippen LogP contribution in [0.3, 0.4) is 0 Å². The number of nitrogens with one attached hydrogen (secondary N) is 2. The first kappa shape index (κ1) is 17.0.